The molecule has 0 saturated carbocycles. The molecule has 0 aromatic carbocycles. The molecular formula is C11H21N5O2. The van der Waals surface area contributed by atoms with E-state index in [0.29, 0.717) is 6.54 Å². The zero-order valence-corrected chi connectivity index (χ0v) is 11.3. The SMILES string of the molecule is CC1CNCC(NC(=O)OC(C)(C)C)C1N=[N+]=[N-]. The van der Waals surface area contributed by atoms with Crippen LogP contribution in [0.5, 0.6) is 0 Å². The number of rotatable bonds is 2. The van der Waals surface area contributed by atoms with Gasteiger partial charge in [0.05, 0.1) is 12.1 Å². The largest absolute Gasteiger partial charge is 0.444 e. The summed E-state index contributed by atoms with van der Waals surface area (Å²) in [5.41, 5.74) is 8.03. The Hall–Kier alpha value is -1.46. The molecule has 3 atom stereocenters. The van der Waals surface area contributed by atoms with Gasteiger partial charge in [-0.1, -0.05) is 12.0 Å². The Labute approximate surface area is 107 Å². The molecule has 0 aromatic heterocycles. The third-order valence-electron chi connectivity index (χ3n) is 2.71. The van der Waals surface area contributed by atoms with E-state index < -0.39 is 11.7 Å². The Balaban J connectivity index is 2.63. The first-order chi connectivity index (χ1) is 8.33. The number of hydrogen-bond acceptors (Lipinski definition) is 4. The number of alkyl carbamates (subject to hydrolysis) is 1. The lowest BCUT2D eigenvalue weighted by molar-refractivity contribution is 0.0482. The van der Waals surface area contributed by atoms with Crippen LogP contribution in [-0.2, 0) is 4.74 Å². The van der Waals surface area contributed by atoms with Crippen LogP contribution in [0.2, 0.25) is 0 Å². The van der Waals surface area contributed by atoms with E-state index in [-0.39, 0.29) is 18.0 Å². The minimum absolute atomic E-state index is 0.176. The van der Waals surface area contributed by atoms with E-state index >= 15 is 0 Å². The molecule has 0 radical (unpaired) electrons. The van der Waals surface area contributed by atoms with E-state index in [9.17, 15) is 4.79 Å². The van der Waals surface area contributed by atoms with Gasteiger partial charge in [-0.15, -0.1) is 0 Å². The summed E-state index contributed by atoms with van der Waals surface area (Å²) in [7, 11) is 0. The zero-order chi connectivity index (χ0) is 13.8. The first-order valence-electron chi connectivity index (χ1n) is 6.08. The molecular weight excluding hydrogens is 234 g/mol. The summed E-state index contributed by atoms with van der Waals surface area (Å²) in [5.74, 6) is 0.176. The van der Waals surface area contributed by atoms with Gasteiger partial charge in [0.25, 0.3) is 0 Å². The van der Waals surface area contributed by atoms with Crippen molar-refractivity contribution in [1.82, 2.24) is 10.6 Å². The highest BCUT2D eigenvalue weighted by Gasteiger charge is 2.32. The average molecular weight is 255 g/mol. The van der Waals surface area contributed by atoms with Crippen molar-refractivity contribution in [2.24, 2.45) is 11.0 Å². The molecule has 0 aliphatic carbocycles. The Morgan fingerprint density at radius 2 is 2.17 bits per heavy atom. The maximum absolute atomic E-state index is 11.7. The highest BCUT2D eigenvalue weighted by molar-refractivity contribution is 5.68. The van der Waals surface area contributed by atoms with Crippen molar-refractivity contribution in [3.8, 4) is 0 Å². The Bertz CT molecular complexity index is 346. The van der Waals surface area contributed by atoms with Crippen molar-refractivity contribution in [3.63, 3.8) is 0 Å². The monoisotopic (exact) mass is 255 g/mol. The van der Waals surface area contributed by atoms with E-state index in [1.165, 1.54) is 0 Å². The number of nitrogens with zero attached hydrogens (tertiary/aromatic N) is 3. The number of azide groups is 1. The first kappa shape index (κ1) is 14.6. The molecule has 1 heterocycles. The number of carbonyl (C=O) groups excluding carboxylic acids is 1. The van der Waals surface area contributed by atoms with Gasteiger partial charge in [0.2, 0.25) is 0 Å². The lowest BCUT2D eigenvalue weighted by atomic mass is 9.92. The highest BCUT2D eigenvalue weighted by atomic mass is 16.6. The Morgan fingerprint density at radius 3 is 2.72 bits per heavy atom. The molecule has 1 rings (SSSR count). The fraction of sp³-hybridized carbons (Fsp3) is 0.909. The molecule has 1 aliphatic heterocycles. The van der Waals surface area contributed by atoms with Gasteiger partial charge >= 0.3 is 6.09 Å². The maximum Gasteiger partial charge on any atom is 0.407 e. The van der Waals surface area contributed by atoms with E-state index in [1.54, 1.807) is 20.8 Å². The Morgan fingerprint density at radius 1 is 1.50 bits per heavy atom. The van der Waals surface area contributed by atoms with Gasteiger partial charge in [0.15, 0.2) is 0 Å². The quantitative estimate of drug-likeness (QED) is 0.447. The van der Waals surface area contributed by atoms with Crippen LogP contribution in [0.25, 0.3) is 10.4 Å². The molecule has 3 unspecified atom stereocenters. The molecule has 7 heteroatoms. The maximum atomic E-state index is 11.7. The van der Waals surface area contributed by atoms with Crippen LogP contribution >= 0.6 is 0 Å². The zero-order valence-electron chi connectivity index (χ0n) is 11.3. The molecule has 102 valence electrons. The third-order valence-corrected chi connectivity index (χ3v) is 2.71. The second-order valence-corrected chi connectivity index (χ2v) is 5.58. The van der Waals surface area contributed by atoms with Crippen molar-refractivity contribution < 1.29 is 9.53 Å². The number of carbonyl (C=O) groups is 1. The van der Waals surface area contributed by atoms with Crippen LogP contribution in [0.4, 0.5) is 4.79 Å². The average Bonchev–Trinajstić information content (AvgIpc) is 2.20. The summed E-state index contributed by atoms with van der Waals surface area (Å²) in [6, 6.07) is -0.483. The standard InChI is InChI=1S/C11H21N5O2/c1-7-5-13-6-8(9(7)15-16-12)14-10(17)18-11(2,3)4/h7-9,13H,5-6H2,1-4H3,(H,14,17). The minimum Gasteiger partial charge on any atom is -0.444 e. The topological polar surface area (TPSA) is 99.1 Å². The molecule has 0 bridgehead atoms. The van der Waals surface area contributed by atoms with Gasteiger partial charge in [0.1, 0.15) is 5.60 Å². The van der Waals surface area contributed by atoms with Crippen LogP contribution in [0.1, 0.15) is 27.7 Å². The predicted octanol–water partition coefficient (Wildman–Crippen LogP) is 1.80. The number of hydrogen-bond donors (Lipinski definition) is 2. The van der Waals surface area contributed by atoms with Crippen LogP contribution in [0.15, 0.2) is 5.11 Å². The van der Waals surface area contributed by atoms with Gasteiger partial charge in [-0.2, -0.15) is 0 Å². The van der Waals surface area contributed by atoms with Gasteiger partial charge in [-0.3, -0.25) is 0 Å². The second-order valence-electron chi connectivity index (χ2n) is 5.58. The van der Waals surface area contributed by atoms with Crippen molar-refractivity contribution in [1.29, 1.82) is 0 Å². The molecule has 7 nitrogen and oxygen atoms in total. The van der Waals surface area contributed by atoms with Crippen molar-refractivity contribution in [3.05, 3.63) is 10.4 Å². The number of piperidine rings is 1. The molecule has 2 N–H and O–H groups in total. The summed E-state index contributed by atoms with van der Waals surface area (Å²) in [6.07, 6.45) is -0.485. The predicted molar refractivity (Wildman–Crippen MR) is 68.1 cm³/mol. The molecule has 1 saturated heterocycles. The lowest BCUT2D eigenvalue weighted by Crippen LogP contribution is -2.57. The lowest BCUT2D eigenvalue weighted by Gasteiger charge is -2.34. The first-order valence-corrected chi connectivity index (χ1v) is 6.08. The molecule has 0 aromatic rings. The summed E-state index contributed by atoms with van der Waals surface area (Å²) in [6.45, 7) is 8.75. The van der Waals surface area contributed by atoms with Crippen LogP contribution in [0, 0.1) is 5.92 Å². The van der Waals surface area contributed by atoms with Crippen LogP contribution in [0.3, 0.4) is 0 Å². The summed E-state index contributed by atoms with van der Waals surface area (Å²) in [5, 5.41) is 9.71. The summed E-state index contributed by atoms with van der Waals surface area (Å²) >= 11 is 0. The molecule has 1 aliphatic rings. The smallest absolute Gasteiger partial charge is 0.407 e. The minimum atomic E-state index is -0.536. The second kappa shape index (κ2) is 5.93. The molecule has 0 spiro atoms. The summed E-state index contributed by atoms with van der Waals surface area (Å²) in [4.78, 5) is 14.5. The fourth-order valence-corrected chi connectivity index (χ4v) is 1.95. The summed E-state index contributed by atoms with van der Waals surface area (Å²) < 4.78 is 5.19. The highest BCUT2D eigenvalue weighted by Crippen LogP contribution is 2.16. The van der Waals surface area contributed by atoms with Crippen molar-refractivity contribution in [2.75, 3.05) is 13.1 Å². The van der Waals surface area contributed by atoms with Crippen molar-refractivity contribution in [2.45, 2.75) is 45.4 Å². The molecule has 18 heavy (non-hydrogen) atoms. The van der Waals surface area contributed by atoms with Gasteiger partial charge < -0.3 is 15.4 Å². The van der Waals surface area contributed by atoms with Crippen LogP contribution in [-0.4, -0.2) is 36.9 Å². The Kier molecular flexibility index (Phi) is 4.81. The van der Waals surface area contributed by atoms with Crippen molar-refractivity contribution >= 4 is 6.09 Å². The number of ether oxygens (including phenoxy) is 1. The van der Waals surface area contributed by atoms with Gasteiger partial charge in [-0.05, 0) is 38.8 Å². The normalized spacial score (nSPS) is 28.1. The molecule has 1 amide bonds. The molecule has 1 fully saturated rings. The van der Waals surface area contributed by atoms with E-state index in [4.69, 9.17) is 10.3 Å². The number of amides is 1. The fourth-order valence-electron chi connectivity index (χ4n) is 1.95. The third kappa shape index (κ3) is 4.43. The van der Waals surface area contributed by atoms with Crippen LogP contribution < -0.4 is 10.6 Å². The van der Waals surface area contributed by atoms with E-state index in [0.717, 1.165) is 6.54 Å². The van der Waals surface area contributed by atoms with E-state index in [2.05, 4.69) is 20.7 Å². The number of nitrogens with one attached hydrogen (secondary N) is 2. The van der Waals surface area contributed by atoms with Gasteiger partial charge in [0, 0.05) is 11.5 Å². The van der Waals surface area contributed by atoms with Gasteiger partial charge in [-0.25, -0.2) is 4.79 Å². The van der Waals surface area contributed by atoms with E-state index in [1.807, 2.05) is 6.92 Å².